The average Bonchev–Trinajstić information content (AvgIpc) is 2.16. The molecule has 0 aromatic heterocycles. The van der Waals surface area contributed by atoms with E-state index in [2.05, 4.69) is 0 Å². The van der Waals surface area contributed by atoms with Crippen molar-refractivity contribution in [1.29, 1.82) is 0 Å². The van der Waals surface area contributed by atoms with E-state index in [-0.39, 0.29) is 22.5 Å². The molecule has 16 heavy (non-hydrogen) atoms. The van der Waals surface area contributed by atoms with Gasteiger partial charge in [-0.3, -0.25) is 9.59 Å². The molecule has 0 spiro atoms. The third-order valence-corrected chi connectivity index (χ3v) is 3.67. The van der Waals surface area contributed by atoms with Crippen LogP contribution >= 0.6 is 0 Å². The highest BCUT2D eigenvalue weighted by Gasteiger charge is 2.43. The van der Waals surface area contributed by atoms with Crippen LogP contribution in [0, 0.1) is 16.7 Å². The number of ketones is 1. The van der Waals surface area contributed by atoms with E-state index in [1.165, 1.54) is 0 Å². The van der Waals surface area contributed by atoms with Crippen LogP contribution in [0.25, 0.3) is 0 Å². The van der Waals surface area contributed by atoms with Gasteiger partial charge in [-0.15, -0.1) is 0 Å². The summed E-state index contributed by atoms with van der Waals surface area (Å²) in [4.78, 5) is 23.1. The zero-order chi connectivity index (χ0) is 12.6. The summed E-state index contributed by atoms with van der Waals surface area (Å²) in [6.45, 7) is 7.79. The Morgan fingerprint density at radius 1 is 1.19 bits per heavy atom. The van der Waals surface area contributed by atoms with Gasteiger partial charge in [0.25, 0.3) is 0 Å². The molecule has 0 heterocycles. The summed E-state index contributed by atoms with van der Waals surface area (Å²) in [5.41, 5.74) is -0.644. The number of aliphatic carboxylic acids is 1. The predicted molar refractivity (Wildman–Crippen MR) is 62.2 cm³/mol. The third kappa shape index (κ3) is 2.63. The fourth-order valence-corrected chi connectivity index (χ4v) is 2.63. The summed E-state index contributed by atoms with van der Waals surface area (Å²) >= 11 is 0. The fourth-order valence-electron chi connectivity index (χ4n) is 2.63. The van der Waals surface area contributed by atoms with E-state index >= 15 is 0 Å². The van der Waals surface area contributed by atoms with Crippen LogP contribution in [0.3, 0.4) is 0 Å². The van der Waals surface area contributed by atoms with Gasteiger partial charge in [-0.2, -0.15) is 0 Å². The zero-order valence-electron chi connectivity index (χ0n) is 10.7. The first kappa shape index (κ1) is 13.2. The maximum Gasteiger partial charge on any atom is 0.306 e. The second-order valence-electron chi connectivity index (χ2n) is 6.25. The molecule has 0 saturated heterocycles. The first-order valence-electron chi connectivity index (χ1n) is 5.94. The van der Waals surface area contributed by atoms with Gasteiger partial charge < -0.3 is 5.11 Å². The lowest BCUT2D eigenvalue weighted by molar-refractivity contribution is -0.147. The largest absolute Gasteiger partial charge is 0.481 e. The van der Waals surface area contributed by atoms with Crippen molar-refractivity contribution in [3.8, 4) is 0 Å². The number of hydrogen-bond acceptors (Lipinski definition) is 2. The highest BCUT2D eigenvalue weighted by Crippen LogP contribution is 2.43. The summed E-state index contributed by atoms with van der Waals surface area (Å²) < 4.78 is 0. The van der Waals surface area contributed by atoms with Gasteiger partial charge in [0, 0.05) is 10.8 Å². The van der Waals surface area contributed by atoms with Crippen LogP contribution in [0.15, 0.2) is 0 Å². The first-order valence-corrected chi connectivity index (χ1v) is 5.94. The summed E-state index contributed by atoms with van der Waals surface area (Å²) in [6.07, 6.45) is 2.68. The van der Waals surface area contributed by atoms with Crippen LogP contribution in [0.2, 0.25) is 0 Å². The molecule has 3 nitrogen and oxygen atoms in total. The smallest absolute Gasteiger partial charge is 0.306 e. The molecule has 1 aliphatic carbocycles. The molecule has 92 valence electrons. The Hall–Kier alpha value is -0.860. The molecule has 0 atom stereocenters. The lowest BCUT2D eigenvalue weighted by Crippen LogP contribution is -2.40. The van der Waals surface area contributed by atoms with Gasteiger partial charge in [0.2, 0.25) is 0 Å². The van der Waals surface area contributed by atoms with E-state index in [0.29, 0.717) is 25.7 Å². The normalized spacial score (nSPS) is 31.1. The van der Waals surface area contributed by atoms with Crippen molar-refractivity contribution < 1.29 is 14.7 Å². The van der Waals surface area contributed by atoms with Gasteiger partial charge in [-0.25, -0.2) is 0 Å². The molecule has 0 bridgehead atoms. The van der Waals surface area contributed by atoms with E-state index in [9.17, 15) is 9.59 Å². The van der Waals surface area contributed by atoms with Crippen molar-refractivity contribution in [1.82, 2.24) is 0 Å². The van der Waals surface area contributed by atoms with Crippen molar-refractivity contribution in [3.05, 3.63) is 0 Å². The van der Waals surface area contributed by atoms with Crippen molar-refractivity contribution in [2.45, 2.75) is 53.4 Å². The number of carbonyl (C=O) groups excluding carboxylic acids is 1. The first-order chi connectivity index (χ1) is 7.17. The summed E-state index contributed by atoms with van der Waals surface area (Å²) in [7, 11) is 0. The number of Topliss-reactive ketones (excluding diaryl/α,β-unsaturated/α-hetero) is 1. The summed E-state index contributed by atoms with van der Waals surface area (Å²) in [6, 6.07) is 0. The number of carboxylic acid groups (broad SMARTS) is 1. The third-order valence-electron chi connectivity index (χ3n) is 3.67. The lowest BCUT2D eigenvalue weighted by Gasteiger charge is -2.38. The Morgan fingerprint density at radius 3 is 1.94 bits per heavy atom. The van der Waals surface area contributed by atoms with E-state index in [1.54, 1.807) is 0 Å². The Bertz CT molecular complexity index is 291. The molecule has 1 fully saturated rings. The lowest BCUT2D eigenvalue weighted by atomic mass is 9.64. The van der Waals surface area contributed by atoms with E-state index in [1.807, 2.05) is 27.7 Å². The predicted octanol–water partition coefficient (Wildman–Crippen LogP) is 2.88. The molecular weight excluding hydrogens is 204 g/mol. The van der Waals surface area contributed by atoms with Crippen LogP contribution in [0.4, 0.5) is 0 Å². The van der Waals surface area contributed by atoms with Crippen LogP contribution in [-0.2, 0) is 9.59 Å². The van der Waals surface area contributed by atoms with E-state index in [4.69, 9.17) is 5.11 Å². The highest BCUT2D eigenvalue weighted by atomic mass is 16.4. The molecule has 0 radical (unpaired) electrons. The van der Waals surface area contributed by atoms with Crippen LogP contribution in [0.5, 0.6) is 0 Å². The summed E-state index contributed by atoms with van der Waals surface area (Å²) in [5, 5.41) is 8.92. The maximum absolute atomic E-state index is 12.3. The number of rotatable bonds is 2. The van der Waals surface area contributed by atoms with Crippen LogP contribution in [-0.4, -0.2) is 16.9 Å². The fraction of sp³-hybridized carbons (Fsp3) is 0.846. The maximum atomic E-state index is 12.3. The Kier molecular flexibility index (Phi) is 3.46. The minimum Gasteiger partial charge on any atom is -0.481 e. The Labute approximate surface area is 97.2 Å². The topological polar surface area (TPSA) is 54.4 Å². The molecule has 1 rings (SSSR count). The van der Waals surface area contributed by atoms with Crippen molar-refractivity contribution in [2.75, 3.05) is 0 Å². The van der Waals surface area contributed by atoms with Gasteiger partial charge >= 0.3 is 5.97 Å². The Balaban J connectivity index is 2.70. The van der Waals surface area contributed by atoms with Gasteiger partial charge in [0.1, 0.15) is 5.78 Å². The van der Waals surface area contributed by atoms with Gasteiger partial charge in [0.05, 0.1) is 5.92 Å². The van der Waals surface area contributed by atoms with Crippen LogP contribution < -0.4 is 0 Å². The van der Waals surface area contributed by atoms with Crippen molar-refractivity contribution in [2.24, 2.45) is 16.7 Å². The minimum absolute atomic E-state index is 0.249. The van der Waals surface area contributed by atoms with E-state index in [0.717, 1.165) is 0 Å². The molecule has 1 N–H and O–H groups in total. The quantitative estimate of drug-likeness (QED) is 0.787. The van der Waals surface area contributed by atoms with Gasteiger partial charge in [-0.1, -0.05) is 27.7 Å². The average molecular weight is 226 g/mol. The molecular formula is C13H22O3. The van der Waals surface area contributed by atoms with E-state index < -0.39 is 5.97 Å². The molecule has 1 aliphatic rings. The van der Waals surface area contributed by atoms with Crippen molar-refractivity contribution in [3.63, 3.8) is 0 Å². The highest BCUT2D eigenvalue weighted by molar-refractivity contribution is 5.89. The molecule has 0 unspecified atom stereocenters. The molecule has 0 aromatic carbocycles. The second-order valence-corrected chi connectivity index (χ2v) is 6.25. The van der Waals surface area contributed by atoms with Gasteiger partial charge in [-0.05, 0) is 25.7 Å². The van der Waals surface area contributed by atoms with Gasteiger partial charge in [0.15, 0.2) is 0 Å². The molecule has 3 heteroatoms. The zero-order valence-corrected chi connectivity index (χ0v) is 10.7. The molecule has 1 saturated carbocycles. The van der Waals surface area contributed by atoms with Crippen molar-refractivity contribution >= 4 is 11.8 Å². The standard InChI is InChI=1S/C13H22O3/c1-12(2,3)11(16)13(4)7-5-9(6-8-13)10(14)15/h9H,5-8H2,1-4H3,(H,14,15). The number of carbonyl (C=O) groups is 2. The monoisotopic (exact) mass is 226 g/mol. The SMILES string of the molecule is CC(C)(C)C(=O)C1(C)CCC(C(=O)O)CC1. The molecule has 0 aromatic rings. The molecule has 0 aliphatic heterocycles. The molecule has 0 amide bonds. The van der Waals surface area contributed by atoms with Crippen LogP contribution in [0.1, 0.15) is 53.4 Å². The second kappa shape index (κ2) is 4.19. The number of carboxylic acids is 1. The number of hydrogen-bond donors (Lipinski definition) is 1. The summed E-state index contributed by atoms with van der Waals surface area (Å²) in [5.74, 6) is -0.699. The minimum atomic E-state index is -0.717. The Morgan fingerprint density at radius 2 is 1.62 bits per heavy atom.